The zero-order valence-electron chi connectivity index (χ0n) is 10.9. The molecule has 1 saturated carbocycles. The first kappa shape index (κ1) is 12.6. The number of nitrogens with one attached hydrogen (secondary N) is 1. The van der Waals surface area contributed by atoms with E-state index in [9.17, 15) is 0 Å². The van der Waals surface area contributed by atoms with Gasteiger partial charge in [-0.25, -0.2) is 0 Å². The van der Waals surface area contributed by atoms with Crippen LogP contribution in [0, 0.1) is 5.92 Å². The zero-order chi connectivity index (χ0) is 12.3. The van der Waals surface area contributed by atoms with Crippen molar-refractivity contribution >= 4 is 0 Å². The van der Waals surface area contributed by atoms with Gasteiger partial charge in [0.05, 0.1) is 5.54 Å². The number of hydrogen-bond acceptors (Lipinski definition) is 2. The van der Waals surface area contributed by atoms with Crippen LogP contribution in [0.1, 0.15) is 38.7 Å². The van der Waals surface area contributed by atoms with Crippen LogP contribution in [0.2, 0.25) is 0 Å². The van der Waals surface area contributed by atoms with Crippen LogP contribution in [-0.2, 0) is 5.54 Å². The van der Waals surface area contributed by atoms with E-state index in [2.05, 4.69) is 43.4 Å². The van der Waals surface area contributed by atoms with Gasteiger partial charge < -0.3 is 11.1 Å². The van der Waals surface area contributed by atoms with E-state index in [0.29, 0.717) is 6.04 Å². The van der Waals surface area contributed by atoms with Gasteiger partial charge in [-0.1, -0.05) is 43.7 Å². The Balaban J connectivity index is 1.83. The summed E-state index contributed by atoms with van der Waals surface area (Å²) >= 11 is 0. The molecule has 1 aromatic carbocycles. The first-order chi connectivity index (χ1) is 8.13. The lowest BCUT2D eigenvalue weighted by atomic mass is 9.93. The molecule has 2 rings (SSSR count). The lowest BCUT2D eigenvalue weighted by Crippen LogP contribution is -2.44. The molecule has 2 heteroatoms. The number of hydrogen-bond donors (Lipinski definition) is 2. The Morgan fingerprint density at radius 2 is 2.06 bits per heavy atom. The molecule has 0 aromatic heterocycles. The maximum absolute atomic E-state index is 6.37. The fourth-order valence-electron chi connectivity index (χ4n) is 2.45. The van der Waals surface area contributed by atoms with Crippen molar-refractivity contribution in [2.24, 2.45) is 11.7 Å². The third kappa shape index (κ3) is 3.30. The topological polar surface area (TPSA) is 38.0 Å². The van der Waals surface area contributed by atoms with Gasteiger partial charge in [-0.3, -0.25) is 0 Å². The third-order valence-corrected chi connectivity index (χ3v) is 3.75. The summed E-state index contributed by atoms with van der Waals surface area (Å²) in [6.07, 6.45) is 3.98. The van der Waals surface area contributed by atoms with Crippen LogP contribution in [0.3, 0.4) is 0 Å². The molecule has 1 aliphatic carbocycles. The van der Waals surface area contributed by atoms with Gasteiger partial charge in [0, 0.05) is 12.6 Å². The SMILES string of the molecule is CCCC1CC1NCC(C)(N)c1ccccc1. The minimum absolute atomic E-state index is 0.263. The van der Waals surface area contributed by atoms with E-state index >= 15 is 0 Å². The molecule has 2 nitrogen and oxygen atoms in total. The van der Waals surface area contributed by atoms with Crippen molar-refractivity contribution < 1.29 is 0 Å². The van der Waals surface area contributed by atoms with Crippen molar-refractivity contribution in [3.8, 4) is 0 Å². The Bertz CT molecular complexity index is 345. The van der Waals surface area contributed by atoms with E-state index in [1.54, 1.807) is 0 Å². The van der Waals surface area contributed by atoms with Gasteiger partial charge in [-0.05, 0) is 31.2 Å². The minimum Gasteiger partial charge on any atom is -0.321 e. The molecule has 1 fully saturated rings. The smallest absolute Gasteiger partial charge is 0.0507 e. The van der Waals surface area contributed by atoms with Crippen LogP contribution in [-0.4, -0.2) is 12.6 Å². The number of benzene rings is 1. The molecule has 0 heterocycles. The van der Waals surface area contributed by atoms with Crippen LogP contribution in [0.5, 0.6) is 0 Å². The highest BCUT2D eigenvalue weighted by Crippen LogP contribution is 2.34. The molecule has 17 heavy (non-hydrogen) atoms. The van der Waals surface area contributed by atoms with Crippen molar-refractivity contribution in [3.05, 3.63) is 35.9 Å². The molecular weight excluding hydrogens is 208 g/mol. The quantitative estimate of drug-likeness (QED) is 0.791. The van der Waals surface area contributed by atoms with E-state index in [4.69, 9.17) is 5.73 Å². The second-order valence-corrected chi connectivity index (χ2v) is 5.56. The summed E-state index contributed by atoms with van der Waals surface area (Å²) in [5, 5.41) is 3.61. The van der Waals surface area contributed by atoms with E-state index < -0.39 is 0 Å². The molecule has 1 aliphatic rings. The van der Waals surface area contributed by atoms with E-state index in [-0.39, 0.29) is 5.54 Å². The lowest BCUT2D eigenvalue weighted by molar-refractivity contribution is 0.435. The van der Waals surface area contributed by atoms with Gasteiger partial charge in [-0.2, -0.15) is 0 Å². The number of nitrogens with two attached hydrogens (primary N) is 1. The average Bonchev–Trinajstić information content (AvgIpc) is 3.07. The predicted molar refractivity (Wildman–Crippen MR) is 72.8 cm³/mol. The maximum Gasteiger partial charge on any atom is 0.0507 e. The van der Waals surface area contributed by atoms with Crippen molar-refractivity contribution in [1.82, 2.24) is 5.32 Å². The van der Waals surface area contributed by atoms with Crippen LogP contribution < -0.4 is 11.1 Å². The van der Waals surface area contributed by atoms with Gasteiger partial charge in [0.25, 0.3) is 0 Å². The first-order valence-corrected chi connectivity index (χ1v) is 6.71. The Labute approximate surface area is 105 Å². The Morgan fingerprint density at radius 3 is 2.71 bits per heavy atom. The molecule has 0 radical (unpaired) electrons. The summed E-state index contributed by atoms with van der Waals surface area (Å²) in [5.41, 5.74) is 7.32. The van der Waals surface area contributed by atoms with Gasteiger partial charge in [0.15, 0.2) is 0 Å². The lowest BCUT2D eigenvalue weighted by Gasteiger charge is -2.26. The molecule has 0 aliphatic heterocycles. The Kier molecular flexibility index (Phi) is 3.85. The fourth-order valence-corrected chi connectivity index (χ4v) is 2.45. The third-order valence-electron chi connectivity index (χ3n) is 3.75. The summed E-state index contributed by atoms with van der Waals surface area (Å²) in [7, 11) is 0. The molecule has 0 spiro atoms. The second kappa shape index (κ2) is 5.19. The van der Waals surface area contributed by atoms with Crippen molar-refractivity contribution in [1.29, 1.82) is 0 Å². The molecular formula is C15H24N2. The van der Waals surface area contributed by atoms with Gasteiger partial charge in [0.1, 0.15) is 0 Å². The molecule has 0 amide bonds. The fraction of sp³-hybridized carbons (Fsp3) is 0.600. The highest BCUT2D eigenvalue weighted by Gasteiger charge is 2.36. The molecule has 0 saturated heterocycles. The maximum atomic E-state index is 6.37. The highest BCUT2D eigenvalue weighted by atomic mass is 15.0. The predicted octanol–water partition coefficient (Wildman–Crippen LogP) is 2.64. The molecule has 3 N–H and O–H groups in total. The summed E-state index contributed by atoms with van der Waals surface area (Å²) < 4.78 is 0. The number of rotatable bonds is 6. The standard InChI is InChI=1S/C15H24N2/c1-3-7-12-10-14(12)17-11-15(2,16)13-8-5-4-6-9-13/h4-6,8-9,12,14,17H,3,7,10-11,16H2,1-2H3. The monoisotopic (exact) mass is 232 g/mol. The van der Waals surface area contributed by atoms with E-state index in [1.165, 1.54) is 24.8 Å². The minimum atomic E-state index is -0.263. The second-order valence-electron chi connectivity index (χ2n) is 5.56. The molecule has 3 atom stereocenters. The van der Waals surface area contributed by atoms with Crippen molar-refractivity contribution in [2.75, 3.05) is 6.54 Å². The summed E-state index contributed by atoms with van der Waals surface area (Å²) in [5.74, 6) is 0.895. The Hall–Kier alpha value is -0.860. The van der Waals surface area contributed by atoms with Gasteiger partial charge in [-0.15, -0.1) is 0 Å². The van der Waals surface area contributed by atoms with Crippen LogP contribution in [0.25, 0.3) is 0 Å². The van der Waals surface area contributed by atoms with Crippen LogP contribution >= 0.6 is 0 Å². The normalized spacial score (nSPS) is 26.5. The van der Waals surface area contributed by atoms with Crippen LogP contribution in [0.15, 0.2) is 30.3 Å². The average molecular weight is 232 g/mol. The Morgan fingerprint density at radius 1 is 1.35 bits per heavy atom. The van der Waals surface area contributed by atoms with E-state index in [0.717, 1.165) is 12.5 Å². The summed E-state index contributed by atoms with van der Waals surface area (Å²) in [6.45, 7) is 5.22. The summed E-state index contributed by atoms with van der Waals surface area (Å²) in [6, 6.07) is 11.1. The molecule has 94 valence electrons. The largest absolute Gasteiger partial charge is 0.321 e. The molecule has 1 aromatic rings. The zero-order valence-corrected chi connectivity index (χ0v) is 10.9. The van der Waals surface area contributed by atoms with Gasteiger partial charge >= 0.3 is 0 Å². The van der Waals surface area contributed by atoms with Crippen LogP contribution in [0.4, 0.5) is 0 Å². The van der Waals surface area contributed by atoms with Gasteiger partial charge in [0.2, 0.25) is 0 Å². The highest BCUT2D eigenvalue weighted by molar-refractivity contribution is 5.23. The van der Waals surface area contributed by atoms with E-state index in [1.807, 2.05) is 6.07 Å². The van der Waals surface area contributed by atoms with Crippen molar-refractivity contribution in [3.63, 3.8) is 0 Å². The van der Waals surface area contributed by atoms with Crippen molar-refractivity contribution in [2.45, 2.75) is 44.7 Å². The molecule has 3 unspecified atom stereocenters. The molecule has 0 bridgehead atoms. The summed E-state index contributed by atoms with van der Waals surface area (Å²) in [4.78, 5) is 0. The first-order valence-electron chi connectivity index (χ1n) is 6.71.